The molecule has 1 aliphatic carbocycles. The summed E-state index contributed by atoms with van der Waals surface area (Å²) in [5.74, 6) is 1.03. The van der Waals surface area contributed by atoms with Crippen molar-refractivity contribution in [1.29, 1.82) is 5.26 Å². The lowest BCUT2D eigenvalue weighted by Gasteiger charge is -2.25. The normalized spacial score (nSPS) is 21.4. The Bertz CT molecular complexity index is 554. The van der Waals surface area contributed by atoms with E-state index >= 15 is 0 Å². The molecular weight excluding hydrogens is 282 g/mol. The van der Waals surface area contributed by atoms with Gasteiger partial charge in [0.05, 0.1) is 6.54 Å². The molecule has 2 rings (SSSR count). The molecule has 0 spiro atoms. The summed E-state index contributed by atoms with van der Waals surface area (Å²) in [6.07, 6.45) is 2.60. The second-order valence-corrected chi connectivity index (χ2v) is 6.55. The van der Waals surface area contributed by atoms with Crippen LogP contribution in [0.1, 0.15) is 51.6 Å². The van der Waals surface area contributed by atoms with Crippen LogP contribution in [0.4, 0.5) is 4.79 Å². The van der Waals surface area contributed by atoms with Crippen molar-refractivity contribution in [1.82, 2.24) is 10.6 Å². The van der Waals surface area contributed by atoms with Gasteiger partial charge in [-0.3, -0.25) is 0 Å². The van der Waals surface area contributed by atoms with E-state index in [2.05, 4.69) is 10.6 Å². The number of rotatable bonds is 4. The largest absolute Gasteiger partial charge is 0.449 e. The van der Waals surface area contributed by atoms with Gasteiger partial charge in [-0.25, -0.2) is 4.79 Å². The van der Waals surface area contributed by atoms with Crippen molar-refractivity contribution in [3.63, 3.8) is 0 Å². The summed E-state index contributed by atoms with van der Waals surface area (Å²) in [6, 6.07) is 5.65. The third-order valence-corrected chi connectivity index (χ3v) is 3.53. The molecule has 1 fully saturated rings. The van der Waals surface area contributed by atoms with Crippen molar-refractivity contribution in [3.8, 4) is 6.07 Å². The molecule has 0 radical (unpaired) electrons. The van der Waals surface area contributed by atoms with Crippen LogP contribution in [0.2, 0.25) is 0 Å². The molecule has 2 unspecified atom stereocenters. The van der Waals surface area contributed by atoms with Crippen LogP contribution in [-0.4, -0.2) is 23.8 Å². The van der Waals surface area contributed by atoms with Crippen LogP contribution >= 0.6 is 0 Å². The lowest BCUT2D eigenvalue weighted by molar-refractivity contribution is 0.0498. The molecule has 0 saturated heterocycles. The van der Waals surface area contributed by atoms with Gasteiger partial charge in [0.2, 0.25) is 5.76 Å². The molecule has 1 saturated carbocycles. The molecule has 1 aromatic rings. The first kappa shape index (κ1) is 16.4. The zero-order valence-electron chi connectivity index (χ0n) is 13.3. The molecule has 0 aliphatic heterocycles. The Hall–Kier alpha value is -2.00. The highest BCUT2D eigenvalue weighted by Gasteiger charge is 2.29. The monoisotopic (exact) mass is 305 g/mol. The summed E-state index contributed by atoms with van der Waals surface area (Å²) >= 11 is 0. The smallest absolute Gasteiger partial charge is 0.407 e. The average molecular weight is 305 g/mol. The molecular formula is C16H23N3O3. The highest BCUT2D eigenvalue weighted by atomic mass is 16.6. The zero-order chi connectivity index (χ0) is 16.2. The van der Waals surface area contributed by atoms with Crippen LogP contribution in [0.25, 0.3) is 0 Å². The molecule has 1 aromatic heterocycles. The number of hydrogen-bond donors (Lipinski definition) is 2. The second-order valence-electron chi connectivity index (χ2n) is 6.55. The Kier molecular flexibility index (Phi) is 5.09. The van der Waals surface area contributed by atoms with Crippen molar-refractivity contribution < 1.29 is 13.9 Å². The minimum absolute atomic E-state index is 0.0558. The van der Waals surface area contributed by atoms with Gasteiger partial charge in [-0.2, -0.15) is 5.26 Å². The lowest BCUT2D eigenvalue weighted by Crippen LogP contribution is -2.47. The van der Waals surface area contributed by atoms with Crippen LogP contribution in [0.5, 0.6) is 0 Å². The number of carbonyl (C=O) groups is 1. The first-order valence-electron chi connectivity index (χ1n) is 7.59. The van der Waals surface area contributed by atoms with E-state index in [9.17, 15) is 4.79 Å². The van der Waals surface area contributed by atoms with Gasteiger partial charge in [-0.05, 0) is 52.2 Å². The van der Waals surface area contributed by atoms with Gasteiger partial charge in [0.25, 0.3) is 0 Å². The SMILES string of the molecule is CC(C)(C)OC(=O)NC1CCCC1NCc1ccc(C#N)o1. The minimum atomic E-state index is -0.493. The maximum absolute atomic E-state index is 11.9. The summed E-state index contributed by atoms with van der Waals surface area (Å²) in [5, 5.41) is 15.1. The number of amides is 1. The number of hydrogen-bond acceptors (Lipinski definition) is 5. The lowest BCUT2D eigenvalue weighted by atomic mass is 10.1. The van der Waals surface area contributed by atoms with E-state index in [4.69, 9.17) is 14.4 Å². The van der Waals surface area contributed by atoms with Crippen LogP contribution in [0, 0.1) is 11.3 Å². The number of alkyl carbamates (subject to hydrolysis) is 1. The van der Waals surface area contributed by atoms with Gasteiger partial charge in [0, 0.05) is 12.1 Å². The molecule has 22 heavy (non-hydrogen) atoms. The van der Waals surface area contributed by atoms with E-state index < -0.39 is 5.60 Å². The molecule has 0 bridgehead atoms. The Balaban J connectivity index is 1.83. The van der Waals surface area contributed by atoms with E-state index in [1.165, 1.54) is 0 Å². The van der Waals surface area contributed by atoms with Crippen molar-refractivity contribution in [2.24, 2.45) is 0 Å². The number of carbonyl (C=O) groups excluding carboxylic acids is 1. The second kappa shape index (κ2) is 6.84. The highest BCUT2D eigenvalue weighted by molar-refractivity contribution is 5.68. The zero-order valence-corrected chi connectivity index (χ0v) is 13.3. The molecule has 0 aromatic carbocycles. The summed E-state index contributed by atoms with van der Waals surface area (Å²) in [6.45, 7) is 6.08. The summed E-state index contributed by atoms with van der Waals surface area (Å²) in [7, 11) is 0. The van der Waals surface area contributed by atoms with Crippen molar-refractivity contribution in [2.75, 3.05) is 0 Å². The Morgan fingerprint density at radius 2 is 2.14 bits per heavy atom. The van der Waals surface area contributed by atoms with Crippen LogP contribution < -0.4 is 10.6 Å². The maximum atomic E-state index is 11.9. The molecule has 2 atom stereocenters. The summed E-state index contributed by atoms with van der Waals surface area (Å²) < 4.78 is 10.6. The molecule has 6 nitrogen and oxygen atoms in total. The third kappa shape index (κ3) is 4.78. The summed E-state index contributed by atoms with van der Waals surface area (Å²) in [5.41, 5.74) is -0.493. The van der Waals surface area contributed by atoms with Crippen LogP contribution in [-0.2, 0) is 11.3 Å². The first-order chi connectivity index (χ1) is 10.4. The topological polar surface area (TPSA) is 87.3 Å². The molecule has 1 aliphatic rings. The van der Waals surface area contributed by atoms with Gasteiger partial charge >= 0.3 is 6.09 Å². The summed E-state index contributed by atoms with van der Waals surface area (Å²) in [4.78, 5) is 11.9. The Morgan fingerprint density at radius 3 is 2.77 bits per heavy atom. The predicted molar refractivity (Wildman–Crippen MR) is 81.1 cm³/mol. The van der Waals surface area contributed by atoms with Crippen LogP contribution in [0.15, 0.2) is 16.5 Å². The number of furan rings is 1. The van der Waals surface area contributed by atoms with E-state index in [0.717, 1.165) is 25.0 Å². The molecule has 120 valence electrons. The molecule has 2 N–H and O–H groups in total. The maximum Gasteiger partial charge on any atom is 0.407 e. The standard InChI is InChI=1S/C16H23N3O3/c1-16(2,3)22-15(20)19-14-6-4-5-13(14)18-10-12-8-7-11(9-17)21-12/h7-8,13-14,18H,4-6,10H2,1-3H3,(H,19,20). The highest BCUT2D eigenvalue weighted by Crippen LogP contribution is 2.20. The fraction of sp³-hybridized carbons (Fsp3) is 0.625. The Morgan fingerprint density at radius 1 is 1.41 bits per heavy atom. The van der Waals surface area contributed by atoms with Crippen LogP contribution in [0.3, 0.4) is 0 Å². The number of nitrogens with zero attached hydrogens (tertiary/aromatic N) is 1. The van der Waals surface area contributed by atoms with Gasteiger partial charge in [0.15, 0.2) is 0 Å². The van der Waals surface area contributed by atoms with Gasteiger partial charge in [-0.1, -0.05) is 0 Å². The number of nitriles is 1. The molecule has 1 amide bonds. The quantitative estimate of drug-likeness (QED) is 0.893. The number of ether oxygens (including phenoxy) is 1. The van der Waals surface area contributed by atoms with E-state index in [1.54, 1.807) is 12.1 Å². The fourth-order valence-electron chi connectivity index (χ4n) is 2.60. The van der Waals surface area contributed by atoms with E-state index in [0.29, 0.717) is 12.3 Å². The van der Waals surface area contributed by atoms with E-state index in [1.807, 2.05) is 26.8 Å². The van der Waals surface area contributed by atoms with Crippen molar-refractivity contribution in [2.45, 2.75) is 64.3 Å². The third-order valence-electron chi connectivity index (χ3n) is 3.53. The average Bonchev–Trinajstić information content (AvgIpc) is 3.02. The van der Waals surface area contributed by atoms with E-state index in [-0.39, 0.29) is 18.2 Å². The van der Waals surface area contributed by atoms with Gasteiger partial charge < -0.3 is 19.8 Å². The number of nitrogens with one attached hydrogen (secondary N) is 2. The Labute approximate surface area is 130 Å². The van der Waals surface area contributed by atoms with Gasteiger partial charge in [0.1, 0.15) is 17.4 Å². The molecule has 1 heterocycles. The van der Waals surface area contributed by atoms with Crippen molar-refractivity contribution >= 4 is 6.09 Å². The van der Waals surface area contributed by atoms with Gasteiger partial charge in [-0.15, -0.1) is 0 Å². The molecule has 6 heteroatoms. The minimum Gasteiger partial charge on any atom is -0.449 e. The first-order valence-corrected chi connectivity index (χ1v) is 7.59. The fourth-order valence-corrected chi connectivity index (χ4v) is 2.60. The predicted octanol–water partition coefficient (Wildman–Crippen LogP) is 2.69. The van der Waals surface area contributed by atoms with Crippen molar-refractivity contribution in [3.05, 3.63) is 23.7 Å².